The van der Waals surface area contributed by atoms with Crippen molar-refractivity contribution in [2.24, 2.45) is 5.73 Å². The lowest BCUT2D eigenvalue weighted by atomic mass is 9.83. The van der Waals surface area contributed by atoms with Crippen molar-refractivity contribution < 1.29 is 4.74 Å². The number of nitrogens with zero attached hydrogens (tertiary/aromatic N) is 5. The number of imidazole rings is 1. The second-order valence-electron chi connectivity index (χ2n) is 10.1. The van der Waals surface area contributed by atoms with Gasteiger partial charge in [0.1, 0.15) is 22.8 Å². The molecule has 1 aromatic carbocycles. The van der Waals surface area contributed by atoms with Gasteiger partial charge in [0, 0.05) is 67.3 Å². The van der Waals surface area contributed by atoms with Crippen LogP contribution in [0.15, 0.2) is 48.9 Å². The fourth-order valence-electron chi connectivity index (χ4n) is 5.66. The molecule has 0 bridgehead atoms. The van der Waals surface area contributed by atoms with Crippen LogP contribution < -0.4 is 20.7 Å². The van der Waals surface area contributed by atoms with Gasteiger partial charge >= 0.3 is 0 Å². The van der Waals surface area contributed by atoms with Crippen molar-refractivity contribution >= 4 is 29.0 Å². The number of pyridine rings is 1. The first-order valence-electron chi connectivity index (χ1n) is 12.6. The Bertz CT molecular complexity index is 1470. The summed E-state index contributed by atoms with van der Waals surface area (Å²) in [4.78, 5) is 16.6. The Labute approximate surface area is 214 Å². The van der Waals surface area contributed by atoms with Crippen LogP contribution in [0.3, 0.4) is 0 Å². The molecule has 3 N–H and O–H groups in total. The molecule has 0 unspecified atom stereocenters. The number of nitrogens with one attached hydrogen (secondary N) is 1. The Hall–Kier alpha value is -3.36. The zero-order chi connectivity index (χ0) is 24.4. The molecular weight excluding hydrogens is 474 g/mol. The van der Waals surface area contributed by atoms with Crippen molar-refractivity contribution in [3.63, 3.8) is 0 Å². The van der Waals surface area contributed by atoms with Gasteiger partial charge in [-0.25, -0.2) is 15.0 Å². The summed E-state index contributed by atoms with van der Waals surface area (Å²) in [5.41, 5.74) is 11.0. The Balaban J connectivity index is 1.21. The lowest BCUT2D eigenvalue weighted by Gasteiger charge is -2.41. The molecule has 1 saturated carbocycles. The summed E-state index contributed by atoms with van der Waals surface area (Å²) in [7, 11) is 0. The highest BCUT2D eigenvalue weighted by Gasteiger charge is 2.48. The van der Waals surface area contributed by atoms with Crippen molar-refractivity contribution in [1.82, 2.24) is 19.4 Å². The summed E-state index contributed by atoms with van der Waals surface area (Å²) in [5.74, 6) is 2.52. The number of anilines is 2. The largest absolute Gasteiger partial charge is 0.485 e. The molecule has 1 spiro atoms. The summed E-state index contributed by atoms with van der Waals surface area (Å²) in [6.07, 6.45) is 9.55. The molecule has 5 heterocycles. The molecule has 9 heteroatoms. The van der Waals surface area contributed by atoms with Gasteiger partial charge in [-0.1, -0.05) is 29.8 Å². The van der Waals surface area contributed by atoms with E-state index in [1.165, 1.54) is 0 Å². The number of ether oxygens (including phenoxy) is 1. The number of para-hydroxylation sites is 1. The van der Waals surface area contributed by atoms with E-state index in [1.54, 1.807) is 6.20 Å². The molecule has 2 aliphatic heterocycles. The molecule has 2 fully saturated rings. The summed E-state index contributed by atoms with van der Waals surface area (Å²) >= 11 is 6.84. The van der Waals surface area contributed by atoms with E-state index >= 15 is 0 Å². The Morgan fingerprint density at radius 2 is 1.92 bits per heavy atom. The number of piperidine rings is 1. The number of fused-ring (bicyclic) bond motifs is 2. The average molecular weight is 502 g/mol. The van der Waals surface area contributed by atoms with Gasteiger partial charge in [-0.3, -0.25) is 4.40 Å². The van der Waals surface area contributed by atoms with Gasteiger partial charge in [-0.2, -0.15) is 0 Å². The van der Waals surface area contributed by atoms with Crippen LogP contribution in [0, 0.1) is 6.92 Å². The maximum atomic E-state index is 6.84. The minimum atomic E-state index is -0.362. The Morgan fingerprint density at radius 1 is 1.11 bits per heavy atom. The highest BCUT2D eigenvalue weighted by molar-refractivity contribution is 6.36. The van der Waals surface area contributed by atoms with Gasteiger partial charge in [0.15, 0.2) is 0 Å². The molecule has 8 nitrogen and oxygen atoms in total. The van der Waals surface area contributed by atoms with Gasteiger partial charge in [-0.15, -0.1) is 0 Å². The number of benzene rings is 1. The molecule has 4 aromatic rings. The molecule has 3 aromatic heterocycles. The topological polar surface area (TPSA) is 93.6 Å². The standard InChI is InChI=1S/C27H28ClN7O/c1-16-21(19-8-11-30-24(22(19)28)33-17-6-7-17)25-31-12-15-35(25)26(32-16)34-13-9-27(10-14-34)23(29)18-4-2-3-5-20(18)36-27/h2-5,8,11-12,15,17,23H,6-7,9-10,13-14,29H2,1H3,(H,30,33)/t23-/m1/s1. The van der Waals surface area contributed by atoms with Crippen LogP contribution in [0.2, 0.25) is 5.02 Å². The van der Waals surface area contributed by atoms with E-state index in [0.717, 1.165) is 84.3 Å². The van der Waals surface area contributed by atoms with Crippen LogP contribution in [0.1, 0.15) is 43.0 Å². The molecule has 0 radical (unpaired) electrons. The monoisotopic (exact) mass is 501 g/mol. The minimum Gasteiger partial charge on any atom is -0.485 e. The van der Waals surface area contributed by atoms with Crippen molar-refractivity contribution in [3.8, 4) is 16.9 Å². The second kappa shape index (κ2) is 8.08. The molecule has 0 amide bonds. The van der Waals surface area contributed by atoms with Crippen molar-refractivity contribution in [2.75, 3.05) is 23.3 Å². The first-order chi connectivity index (χ1) is 17.5. The first-order valence-corrected chi connectivity index (χ1v) is 13.0. The smallest absolute Gasteiger partial charge is 0.211 e. The quantitative estimate of drug-likeness (QED) is 0.416. The molecule has 36 heavy (non-hydrogen) atoms. The minimum absolute atomic E-state index is 0.117. The maximum Gasteiger partial charge on any atom is 0.211 e. The van der Waals surface area contributed by atoms with E-state index < -0.39 is 0 Å². The molecule has 1 saturated heterocycles. The van der Waals surface area contributed by atoms with E-state index in [9.17, 15) is 0 Å². The van der Waals surface area contributed by atoms with E-state index in [4.69, 9.17) is 32.0 Å². The fourth-order valence-corrected chi connectivity index (χ4v) is 5.92. The van der Waals surface area contributed by atoms with Crippen LogP contribution in [0.25, 0.3) is 16.8 Å². The molecule has 1 aliphatic carbocycles. The third kappa shape index (κ3) is 3.35. The van der Waals surface area contributed by atoms with Gasteiger partial charge in [0.05, 0.1) is 16.8 Å². The maximum absolute atomic E-state index is 6.84. The highest BCUT2D eigenvalue weighted by atomic mass is 35.5. The Morgan fingerprint density at radius 3 is 2.69 bits per heavy atom. The molecule has 184 valence electrons. The van der Waals surface area contributed by atoms with Crippen LogP contribution in [-0.4, -0.2) is 44.1 Å². The highest BCUT2D eigenvalue weighted by Crippen LogP contribution is 2.47. The van der Waals surface area contributed by atoms with Crippen molar-refractivity contribution in [2.45, 2.75) is 50.3 Å². The van der Waals surface area contributed by atoms with Crippen molar-refractivity contribution in [1.29, 1.82) is 0 Å². The molecule has 1 atom stereocenters. The number of hydrogen-bond donors (Lipinski definition) is 2. The number of halogens is 1. The van der Waals surface area contributed by atoms with E-state index in [0.29, 0.717) is 11.1 Å². The SMILES string of the molecule is Cc1nc(N2CCC3(CC2)Oc2ccccc2[C@H]3N)n2ccnc2c1-c1ccnc(NC2CC2)c1Cl. The lowest BCUT2D eigenvalue weighted by molar-refractivity contribution is 0.0429. The van der Waals surface area contributed by atoms with Gasteiger partial charge in [0.25, 0.3) is 0 Å². The predicted molar refractivity (Wildman–Crippen MR) is 141 cm³/mol. The molecular formula is C27H28ClN7O. The van der Waals surface area contributed by atoms with E-state index in [1.807, 2.05) is 43.6 Å². The lowest BCUT2D eigenvalue weighted by Crippen LogP contribution is -2.52. The van der Waals surface area contributed by atoms with E-state index in [-0.39, 0.29) is 11.6 Å². The van der Waals surface area contributed by atoms with Gasteiger partial charge in [-0.05, 0) is 31.9 Å². The third-order valence-corrected chi connectivity index (χ3v) is 8.20. The van der Waals surface area contributed by atoms with Crippen molar-refractivity contribution in [3.05, 3.63) is 65.2 Å². The summed E-state index contributed by atoms with van der Waals surface area (Å²) in [6.45, 7) is 3.62. The number of aromatic nitrogens is 4. The number of nitrogens with two attached hydrogens (primary N) is 1. The summed E-state index contributed by atoms with van der Waals surface area (Å²) in [5, 5.41) is 4.04. The Kier molecular flexibility index (Phi) is 4.91. The first kappa shape index (κ1) is 21.9. The van der Waals surface area contributed by atoms with Gasteiger partial charge < -0.3 is 20.7 Å². The van der Waals surface area contributed by atoms with Crippen LogP contribution in [0.4, 0.5) is 11.8 Å². The summed E-state index contributed by atoms with van der Waals surface area (Å²) in [6, 6.07) is 10.4. The van der Waals surface area contributed by atoms with Crippen LogP contribution in [-0.2, 0) is 0 Å². The fraction of sp³-hybridized carbons (Fsp3) is 0.370. The normalized spacial score (nSPS) is 20.5. The summed E-state index contributed by atoms with van der Waals surface area (Å²) < 4.78 is 8.51. The zero-order valence-electron chi connectivity index (χ0n) is 20.1. The van der Waals surface area contributed by atoms with E-state index in [2.05, 4.69) is 25.7 Å². The average Bonchev–Trinajstić information content (AvgIpc) is 3.50. The predicted octanol–water partition coefficient (Wildman–Crippen LogP) is 4.76. The number of rotatable bonds is 4. The van der Waals surface area contributed by atoms with Crippen LogP contribution >= 0.6 is 11.6 Å². The number of hydrogen-bond acceptors (Lipinski definition) is 7. The van der Waals surface area contributed by atoms with Crippen LogP contribution in [0.5, 0.6) is 5.75 Å². The molecule has 7 rings (SSSR count). The second-order valence-corrected chi connectivity index (χ2v) is 10.5. The zero-order valence-corrected chi connectivity index (χ0v) is 20.9. The molecule has 3 aliphatic rings. The number of aryl methyl sites for hydroxylation is 1. The van der Waals surface area contributed by atoms with Gasteiger partial charge in [0.2, 0.25) is 5.95 Å². The third-order valence-electron chi connectivity index (χ3n) is 7.81.